The van der Waals surface area contributed by atoms with Gasteiger partial charge in [0.1, 0.15) is 0 Å². The largest absolute Gasteiger partial charge is 0.350 e. The van der Waals surface area contributed by atoms with Gasteiger partial charge in [-0.25, -0.2) is 4.98 Å². The molecular formula is C14H14N4OS3. The third kappa shape index (κ3) is 3.76. The zero-order valence-electron chi connectivity index (χ0n) is 11.8. The molecule has 5 nitrogen and oxygen atoms in total. The lowest BCUT2D eigenvalue weighted by molar-refractivity contribution is -0.120. The van der Waals surface area contributed by atoms with E-state index in [0.717, 1.165) is 15.6 Å². The molecule has 3 rings (SSSR count). The summed E-state index contributed by atoms with van der Waals surface area (Å²) in [5, 5.41) is 14.3. The van der Waals surface area contributed by atoms with Gasteiger partial charge in [-0.15, -0.1) is 27.8 Å². The monoisotopic (exact) mass is 350 g/mol. The summed E-state index contributed by atoms with van der Waals surface area (Å²) in [6.07, 6.45) is 0. The molecule has 0 unspecified atom stereocenters. The molecule has 0 saturated carbocycles. The Morgan fingerprint density at radius 3 is 2.91 bits per heavy atom. The molecule has 0 fully saturated rings. The quantitative estimate of drug-likeness (QED) is 0.669. The first kappa shape index (κ1) is 15.3. The van der Waals surface area contributed by atoms with E-state index in [2.05, 4.69) is 20.5 Å². The lowest BCUT2D eigenvalue weighted by atomic mass is 10.4. The first-order valence-electron chi connectivity index (χ1n) is 6.65. The average Bonchev–Trinajstić information content (AvgIpc) is 3.25. The molecule has 0 aliphatic carbocycles. The van der Waals surface area contributed by atoms with E-state index in [9.17, 15) is 4.79 Å². The van der Waals surface area contributed by atoms with Crippen molar-refractivity contribution in [2.75, 3.05) is 0 Å². The molecule has 1 atom stereocenters. The Hall–Kier alpha value is -1.64. The van der Waals surface area contributed by atoms with E-state index in [1.54, 1.807) is 22.7 Å². The van der Waals surface area contributed by atoms with E-state index in [4.69, 9.17) is 0 Å². The predicted octanol–water partition coefficient (Wildman–Crippen LogP) is 3.39. The van der Waals surface area contributed by atoms with Gasteiger partial charge < -0.3 is 5.32 Å². The number of rotatable bonds is 6. The summed E-state index contributed by atoms with van der Waals surface area (Å²) in [5.41, 5.74) is 0. The normalized spacial score (nSPS) is 12.2. The van der Waals surface area contributed by atoms with Crippen molar-refractivity contribution >= 4 is 40.3 Å². The van der Waals surface area contributed by atoms with Crippen molar-refractivity contribution in [1.82, 2.24) is 20.5 Å². The third-order valence-corrected chi connectivity index (χ3v) is 5.60. The van der Waals surface area contributed by atoms with Crippen LogP contribution in [0.25, 0.3) is 10.7 Å². The highest BCUT2D eigenvalue weighted by Crippen LogP contribution is 2.25. The summed E-state index contributed by atoms with van der Waals surface area (Å²) in [6.45, 7) is 2.42. The molecule has 22 heavy (non-hydrogen) atoms. The van der Waals surface area contributed by atoms with Crippen molar-refractivity contribution in [2.45, 2.75) is 23.9 Å². The number of thiophene rings is 2. The second kappa shape index (κ2) is 7.08. The van der Waals surface area contributed by atoms with Crippen molar-refractivity contribution in [2.24, 2.45) is 0 Å². The van der Waals surface area contributed by atoms with Crippen LogP contribution in [0.2, 0.25) is 0 Å². The standard InChI is InChI=1S/C14H14N4OS3/c1-9(13(19)15-8-10-4-2-6-20-10)22-14-16-12(17-18-14)11-5-3-7-21-11/h2-7,9H,8H2,1H3,(H,15,19)(H,16,17,18)/t9-/m0/s1. The summed E-state index contributed by atoms with van der Waals surface area (Å²) in [6, 6.07) is 7.93. The van der Waals surface area contributed by atoms with Gasteiger partial charge >= 0.3 is 0 Å². The minimum absolute atomic E-state index is 0.0131. The Morgan fingerprint density at radius 2 is 2.18 bits per heavy atom. The fraction of sp³-hybridized carbons (Fsp3) is 0.214. The predicted molar refractivity (Wildman–Crippen MR) is 91.2 cm³/mol. The Bertz CT molecular complexity index is 721. The smallest absolute Gasteiger partial charge is 0.233 e. The molecule has 0 saturated heterocycles. The van der Waals surface area contributed by atoms with Crippen LogP contribution in [0.1, 0.15) is 11.8 Å². The molecular weight excluding hydrogens is 336 g/mol. The molecule has 0 spiro atoms. The molecule has 3 heterocycles. The summed E-state index contributed by atoms with van der Waals surface area (Å²) in [4.78, 5) is 18.7. The van der Waals surface area contributed by atoms with Crippen LogP contribution in [0.4, 0.5) is 0 Å². The lowest BCUT2D eigenvalue weighted by Crippen LogP contribution is -2.30. The minimum atomic E-state index is -0.244. The van der Waals surface area contributed by atoms with E-state index in [-0.39, 0.29) is 11.2 Å². The summed E-state index contributed by atoms with van der Waals surface area (Å²) >= 11 is 4.58. The molecule has 3 aromatic heterocycles. The van der Waals surface area contributed by atoms with Crippen LogP contribution >= 0.6 is 34.4 Å². The van der Waals surface area contributed by atoms with E-state index >= 15 is 0 Å². The second-order valence-electron chi connectivity index (χ2n) is 4.50. The number of nitrogens with zero attached hydrogens (tertiary/aromatic N) is 2. The molecule has 0 radical (unpaired) electrons. The van der Waals surface area contributed by atoms with Crippen LogP contribution in [-0.2, 0) is 11.3 Å². The van der Waals surface area contributed by atoms with Gasteiger partial charge in [-0.1, -0.05) is 23.9 Å². The van der Waals surface area contributed by atoms with Crippen molar-refractivity contribution in [1.29, 1.82) is 0 Å². The summed E-state index contributed by atoms with van der Waals surface area (Å²) in [5.74, 6) is 0.726. The van der Waals surface area contributed by atoms with Crippen LogP contribution in [0.5, 0.6) is 0 Å². The van der Waals surface area contributed by atoms with Crippen molar-refractivity contribution < 1.29 is 4.79 Å². The maximum absolute atomic E-state index is 12.1. The highest BCUT2D eigenvalue weighted by molar-refractivity contribution is 8.00. The Morgan fingerprint density at radius 1 is 1.36 bits per heavy atom. The van der Waals surface area contributed by atoms with Gasteiger partial charge in [0.15, 0.2) is 5.82 Å². The molecule has 8 heteroatoms. The van der Waals surface area contributed by atoms with E-state index in [0.29, 0.717) is 11.7 Å². The van der Waals surface area contributed by atoms with Gasteiger partial charge in [-0.3, -0.25) is 9.89 Å². The maximum atomic E-state index is 12.1. The zero-order chi connectivity index (χ0) is 15.4. The zero-order valence-corrected chi connectivity index (χ0v) is 14.2. The van der Waals surface area contributed by atoms with Gasteiger partial charge in [0.25, 0.3) is 0 Å². The Labute approximate surface area is 140 Å². The third-order valence-electron chi connectivity index (χ3n) is 2.89. The van der Waals surface area contributed by atoms with E-state index in [1.807, 2.05) is 41.9 Å². The summed E-state index contributed by atoms with van der Waals surface area (Å²) < 4.78 is 0. The number of carbonyl (C=O) groups is 1. The number of aromatic nitrogens is 3. The van der Waals surface area contributed by atoms with E-state index < -0.39 is 0 Å². The van der Waals surface area contributed by atoms with E-state index in [1.165, 1.54) is 11.8 Å². The molecule has 3 aromatic rings. The molecule has 0 bridgehead atoms. The van der Waals surface area contributed by atoms with Crippen molar-refractivity contribution in [3.63, 3.8) is 0 Å². The first-order valence-corrected chi connectivity index (χ1v) is 9.29. The topological polar surface area (TPSA) is 70.7 Å². The van der Waals surface area contributed by atoms with Gasteiger partial charge in [-0.2, -0.15) is 0 Å². The lowest BCUT2D eigenvalue weighted by Gasteiger charge is -2.09. The number of H-pyrrole nitrogens is 1. The van der Waals surface area contributed by atoms with Crippen molar-refractivity contribution in [3.8, 4) is 10.7 Å². The van der Waals surface area contributed by atoms with Crippen molar-refractivity contribution in [3.05, 3.63) is 39.9 Å². The number of nitrogens with one attached hydrogen (secondary N) is 2. The minimum Gasteiger partial charge on any atom is -0.350 e. The number of aromatic amines is 1. The maximum Gasteiger partial charge on any atom is 0.233 e. The molecule has 0 aromatic carbocycles. The highest BCUT2D eigenvalue weighted by Gasteiger charge is 2.17. The molecule has 1 amide bonds. The Kier molecular flexibility index (Phi) is 4.91. The second-order valence-corrected chi connectivity index (χ2v) is 7.79. The number of thioether (sulfide) groups is 1. The number of hydrogen-bond acceptors (Lipinski definition) is 6. The fourth-order valence-corrected chi connectivity index (χ4v) is 3.82. The fourth-order valence-electron chi connectivity index (χ4n) is 1.77. The molecule has 0 aliphatic rings. The molecule has 114 valence electrons. The van der Waals surface area contributed by atoms with Crippen LogP contribution in [0, 0.1) is 0 Å². The number of carbonyl (C=O) groups excluding carboxylic acids is 1. The van der Waals surface area contributed by atoms with Crippen LogP contribution in [0.15, 0.2) is 40.2 Å². The van der Waals surface area contributed by atoms with Gasteiger partial charge in [-0.05, 0) is 29.8 Å². The summed E-state index contributed by atoms with van der Waals surface area (Å²) in [7, 11) is 0. The van der Waals surface area contributed by atoms with Crippen LogP contribution < -0.4 is 5.32 Å². The van der Waals surface area contributed by atoms with Gasteiger partial charge in [0, 0.05) is 4.88 Å². The SMILES string of the molecule is C[C@H](Sc1n[nH]c(-c2cccs2)n1)C(=O)NCc1cccs1. The Balaban J connectivity index is 1.54. The first-order chi connectivity index (χ1) is 10.7. The van der Waals surface area contributed by atoms with Crippen LogP contribution in [0.3, 0.4) is 0 Å². The highest BCUT2D eigenvalue weighted by atomic mass is 32.2. The number of amides is 1. The molecule has 2 N–H and O–H groups in total. The molecule has 0 aliphatic heterocycles. The van der Waals surface area contributed by atoms with Gasteiger partial charge in [0.2, 0.25) is 11.1 Å². The van der Waals surface area contributed by atoms with Crippen LogP contribution in [-0.4, -0.2) is 26.3 Å². The van der Waals surface area contributed by atoms with Gasteiger partial charge in [0.05, 0.1) is 16.7 Å². The average molecular weight is 350 g/mol. The number of hydrogen-bond donors (Lipinski definition) is 2.